The first-order chi connectivity index (χ1) is 5.95. The smallest absolute Gasteiger partial charge is 0.191 e. The molecule has 0 bridgehead atoms. The monoisotopic (exact) mass is 158 g/mol. The van der Waals surface area contributed by atoms with Crippen molar-refractivity contribution in [3.63, 3.8) is 0 Å². The van der Waals surface area contributed by atoms with E-state index in [1.807, 2.05) is 24.3 Å². The molecule has 1 aromatic carbocycles. The molecular formula is C9H6N2O. The highest BCUT2D eigenvalue weighted by atomic mass is 16.5. The molecule has 0 aromatic heterocycles. The van der Waals surface area contributed by atoms with Crippen molar-refractivity contribution in [3.8, 4) is 11.5 Å². The van der Waals surface area contributed by atoms with E-state index in [4.69, 9.17) is 4.52 Å². The van der Waals surface area contributed by atoms with Crippen LogP contribution >= 0.6 is 0 Å². The second-order valence-corrected chi connectivity index (χ2v) is 2.71. The van der Waals surface area contributed by atoms with Gasteiger partial charge in [-0.3, -0.25) is 0 Å². The number of para-hydroxylation sites is 1. The van der Waals surface area contributed by atoms with Crippen molar-refractivity contribution in [3.05, 3.63) is 30.5 Å². The van der Waals surface area contributed by atoms with Gasteiger partial charge in [-0.25, -0.2) is 10.1 Å². The van der Waals surface area contributed by atoms with Crippen LogP contribution in [0.25, 0.3) is 22.4 Å². The molecular weight excluding hydrogens is 152 g/mol. The topological polar surface area (TPSA) is 41.8 Å². The van der Waals surface area contributed by atoms with Crippen molar-refractivity contribution in [1.29, 1.82) is 0 Å². The van der Waals surface area contributed by atoms with Gasteiger partial charge in [0.05, 0.1) is 11.7 Å². The van der Waals surface area contributed by atoms with Crippen LogP contribution in [0.1, 0.15) is 0 Å². The van der Waals surface area contributed by atoms with Gasteiger partial charge < -0.3 is 4.52 Å². The fourth-order valence-electron chi connectivity index (χ4n) is 1.43. The maximum atomic E-state index is 5.18. The summed E-state index contributed by atoms with van der Waals surface area (Å²) in [5.41, 5.74) is 1.87. The average molecular weight is 158 g/mol. The standard InChI is InChI=1S/C9H6N2O/c1-2-4-7-6(3-1)9-8(11-7)5-10-12-9/h1-5,10H. The lowest BCUT2D eigenvalue weighted by molar-refractivity contribution is 0.437. The highest BCUT2D eigenvalue weighted by Crippen LogP contribution is 2.29. The van der Waals surface area contributed by atoms with Crippen molar-refractivity contribution < 1.29 is 4.52 Å². The normalized spacial score (nSPS) is 11.3. The third kappa shape index (κ3) is 0.580. The van der Waals surface area contributed by atoms with Gasteiger partial charge in [0, 0.05) is 5.39 Å². The van der Waals surface area contributed by atoms with E-state index in [0.29, 0.717) is 0 Å². The molecule has 1 aromatic rings. The highest BCUT2D eigenvalue weighted by molar-refractivity contribution is 5.94. The Bertz CT molecular complexity index is 494. The van der Waals surface area contributed by atoms with Crippen LogP contribution in [-0.2, 0) is 0 Å². The molecule has 2 heterocycles. The summed E-state index contributed by atoms with van der Waals surface area (Å²) in [5, 5.41) is 3.74. The number of aromatic nitrogens is 2. The number of hydrogen-bond acceptors (Lipinski definition) is 2. The molecule has 0 fully saturated rings. The second-order valence-electron chi connectivity index (χ2n) is 2.71. The van der Waals surface area contributed by atoms with E-state index in [-0.39, 0.29) is 0 Å². The summed E-state index contributed by atoms with van der Waals surface area (Å²) in [6.07, 6.45) is 1.76. The summed E-state index contributed by atoms with van der Waals surface area (Å²) in [5.74, 6) is 0.839. The Morgan fingerprint density at radius 2 is 2.17 bits per heavy atom. The first-order valence-electron chi connectivity index (χ1n) is 3.76. The number of fused-ring (bicyclic) bond motifs is 3. The Labute approximate surface area is 68.3 Å². The van der Waals surface area contributed by atoms with Gasteiger partial charge in [-0.1, -0.05) is 12.1 Å². The van der Waals surface area contributed by atoms with Gasteiger partial charge in [0.1, 0.15) is 5.69 Å². The Hall–Kier alpha value is -1.77. The molecule has 0 amide bonds. The van der Waals surface area contributed by atoms with Crippen molar-refractivity contribution in [1.82, 2.24) is 10.1 Å². The number of nitrogens with one attached hydrogen (secondary N) is 1. The largest absolute Gasteiger partial charge is 0.380 e. The van der Waals surface area contributed by atoms with Crippen LogP contribution in [0, 0.1) is 0 Å². The molecule has 2 aliphatic heterocycles. The first-order valence-corrected chi connectivity index (χ1v) is 3.76. The van der Waals surface area contributed by atoms with Crippen LogP contribution in [0.4, 0.5) is 0 Å². The zero-order valence-corrected chi connectivity index (χ0v) is 6.24. The molecule has 0 saturated carbocycles. The first kappa shape index (κ1) is 5.83. The van der Waals surface area contributed by atoms with Crippen LogP contribution in [-0.4, -0.2) is 10.1 Å². The molecule has 1 N–H and O–H groups in total. The third-order valence-corrected chi connectivity index (χ3v) is 1.98. The number of nitrogens with zero attached hydrogens (tertiary/aromatic N) is 1. The van der Waals surface area contributed by atoms with Crippen molar-refractivity contribution >= 4 is 10.9 Å². The quantitative estimate of drug-likeness (QED) is 0.545. The van der Waals surface area contributed by atoms with Gasteiger partial charge in [-0.05, 0) is 12.1 Å². The Morgan fingerprint density at radius 3 is 3.17 bits per heavy atom. The molecule has 3 rings (SSSR count). The Kier molecular flexibility index (Phi) is 0.913. The summed E-state index contributed by atoms with van der Waals surface area (Å²) in [6, 6.07) is 7.93. The molecule has 3 nitrogen and oxygen atoms in total. The molecule has 0 aliphatic carbocycles. The minimum atomic E-state index is 0.839. The van der Waals surface area contributed by atoms with Gasteiger partial charge in [0.25, 0.3) is 0 Å². The van der Waals surface area contributed by atoms with Gasteiger partial charge in [-0.2, -0.15) is 0 Å². The predicted octanol–water partition coefficient (Wildman–Crippen LogP) is 2.26. The molecule has 0 saturated heterocycles. The molecule has 58 valence electrons. The molecule has 12 heavy (non-hydrogen) atoms. The van der Waals surface area contributed by atoms with E-state index < -0.39 is 0 Å². The van der Waals surface area contributed by atoms with Crippen LogP contribution in [0.5, 0.6) is 0 Å². The molecule has 2 aliphatic rings. The zero-order chi connectivity index (χ0) is 7.97. The van der Waals surface area contributed by atoms with Gasteiger partial charge in [-0.15, -0.1) is 0 Å². The average Bonchev–Trinajstić information content (AvgIpc) is 2.62. The number of aromatic amines is 1. The molecule has 0 spiro atoms. The van der Waals surface area contributed by atoms with Gasteiger partial charge in [0.15, 0.2) is 5.76 Å². The Morgan fingerprint density at radius 1 is 1.25 bits per heavy atom. The summed E-state index contributed by atoms with van der Waals surface area (Å²) in [7, 11) is 0. The van der Waals surface area contributed by atoms with Crippen LogP contribution in [0.15, 0.2) is 35.0 Å². The lowest BCUT2D eigenvalue weighted by atomic mass is 10.2. The second kappa shape index (κ2) is 1.88. The van der Waals surface area contributed by atoms with Gasteiger partial charge >= 0.3 is 0 Å². The maximum Gasteiger partial charge on any atom is 0.191 e. The summed E-state index contributed by atoms with van der Waals surface area (Å²) in [6.45, 7) is 0. The summed E-state index contributed by atoms with van der Waals surface area (Å²) in [4.78, 5) is 4.35. The molecule has 3 heteroatoms. The lowest BCUT2D eigenvalue weighted by Gasteiger charge is -1.84. The number of H-pyrrole nitrogens is 1. The van der Waals surface area contributed by atoms with E-state index in [0.717, 1.165) is 22.4 Å². The number of rotatable bonds is 0. The predicted molar refractivity (Wildman–Crippen MR) is 45.0 cm³/mol. The van der Waals surface area contributed by atoms with E-state index in [1.165, 1.54) is 0 Å². The number of hydrogen-bond donors (Lipinski definition) is 1. The molecule has 0 unspecified atom stereocenters. The minimum absolute atomic E-state index is 0.839. The molecule has 0 atom stereocenters. The van der Waals surface area contributed by atoms with Crippen molar-refractivity contribution in [2.45, 2.75) is 0 Å². The van der Waals surface area contributed by atoms with E-state index in [1.54, 1.807) is 6.20 Å². The maximum absolute atomic E-state index is 5.18. The van der Waals surface area contributed by atoms with Crippen LogP contribution in [0.2, 0.25) is 0 Å². The fourth-order valence-corrected chi connectivity index (χ4v) is 1.43. The minimum Gasteiger partial charge on any atom is -0.380 e. The SMILES string of the molecule is c1ccc2c3o[nH]cc-3nc2c1. The van der Waals surface area contributed by atoms with Crippen LogP contribution in [0.3, 0.4) is 0 Å². The summed E-state index contributed by atoms with van der Waals surface area (Å²) >= 11 is 0. The summed E-state index contributed by atoms with van der Waals surface area (Å²) < 4.78 is 5.18. The van der Waals surface area contributed by atoms with E-state index >= 15 is 0 Å². The zero-order valence-electron chi connectivity index (χ0n) is 6.24. The van der Waals surface area contributed by atoms with Crippen molar-refractivity contribution in [2.75, 3.05) is 0 Å². The Balaban J connectivity index is 2.59. The van der Waals surface area contributed by atoms with Crippen molar-refractivity contribution in [2.24, 2.45) is 0 Å². The van der Waals surface area contributed by atoms with Gasteiger partial charge in [0.2, 0.25) is 0 Å². The fraction of sp³-hybridized carbons (Fsp3) is 0. The number of benzene rings is 1. The molecule has 0 radical (unpaired) electrons. The van der Waals surface area contributed by atoms with E-state index in [9.17, 15) is 0 Å². The highest BCUT2D eigenvalue weighted by Gasteiger charge is 2.13. The van der Waals surface area contributed by atoms with Crippen LogP contribution < -0.4 is 0 Å². The van der Waals surface area contributed by atoms with E-state index in [2.05, 4.69) is 10.1 Å². The third-order valence-electron chi connectivity index (χ3n) is 1.98. The lowest BCUT2D eigenvalue weighted by Crippen LogP contribution is -1.64.